The number of hydrazine groups is 1. The molecule has 2 aromatic rings. The monoisotopic (exact) mass is 369 g/mol. The molecule has 0 heterocycles. The number of benzene rings is 2. The zero-order chi connectivity index (χ0) is 19.8. The lowest BCUT2D eigenvalue weighted by Crippen LogP contribution is -2.44. The molecule has 3 N–H and O–H groups in total. The zero-order valence-corrected chi connectivity index (χ0v) is 16.3. The van der Waals surface area contributed by atoms with E-state index in [0.717, 1.165) is 22.4 Å². The molecule has 0 radical (unpaired) electrons. The van der Waals surface area contributed by atoms with Crippen molar-refractivity contribution in [3.05, 3.63) is 64.7 Å². The van der Waals surface area contributed by atoms with Crippen LogP contribution in [0.25, 0.3) is 0 Å². The van der Waals surface area contributed by atoms with Crippen LogP contribution in [0, 0.1) is 13.8 Å². The van der Waals surface area contributed by atoms with Crippen LogP contribution in [0.1, 0.15) is 40.9 Å². The minimum atomic E-state index is -0.369. The van der Waals surface area contributed by atoms with E-state index in [1.54, 1.807) is 12.1 Å². The van der Waals surface area contributed by atoms with E-state index in [-0.39, 0.29) is 24.5 Å². The Bertz CT molecular complexity index is 786. The molecule has 0 aromatic heterocycles. The number of carbonyl (C=O) groups excluding carboxylic acids is 2. The number of rotatable bonds is 7. The van der Waals surface area contributed by atoms with Gasteiger partial charge in [-0.3, -0.25) is 20.4 Å². The standard InChI is InChI=1S/C21H27N3O3/c1-14(2)27-13-17-6-8-18(9-7-17)21(26)24-23-20(25)12-22-19-10-5-15(3)11-16(19)4/h5-11,14,22H,12-13H2,1-4H3,(H,23,25)(H,24,26). The number of carbonyl (C=O) groups is 2. The molecule has 0 fully saturated rings. The minimum Gasteiger partial charge on any atom is -0.376 e. The molecule has 0 aliphatic rings. The van der Waals surface area contributed by atoms with Crippen molar-refractivity contribution >= 4 is 17.5 Å². The molecule has 6 heteroatoms. The average molecular weight is 369 g/mol. The number of aryl methyl sites for hydroxylation is 2. The third kappa shape index (κ3) is 6.75. The number of hydrogen-bond donors (Lipinski definition) is 3. The molecule has 2 amide bonds. The number of hydrogen-bond acceptors (Lipinski definition) is 4. The van der Waals surface area contributed by atoms with Gasteiger partial charge in [-0.2, -0.15) is 0 Å². The van der Waals surface area contributed by atoms with Crippen LogP contribution in [-0.2, 0) is 16.1 Å². The first-order valence-electron chi connectivity index (χ1n) is 8.96. The first kappa shape index (κ1) is 20.5. The molecule has 2 rings (SSSR count). The molecule has 0 spiro atoms. The molecule has 27 heavy (non-hydrogen) atoms. The second-order valence-corrected chi connectivity index (χ2v) is 6.73. The molecule has 6 nitrogen and oxygen atoms in total. The van der Waals surface area contributed by atoms with E-state index in [2.05, 4.69) is 16.2 Å². The summed E-state index contributed by atoms with van der Waals surface area (Å²) >= 11 is 0. The van der Waals surface area contributed by atoms with Crippen LogP contribution in [0.5, 0.6) is 0 Å². The minimum absolute atomic E-state index is 0.0651. The van der Waals surface area contributed by atoms with E-state index >= 15 is 0 Å². The molecule has 2 aromatic carbocycles. The van der Waals surface area contributed by atoms with Gasteiger partial charge in [-0.15, -0.1) is 0 Å². The van der Waals surface area contributed by atoms with Crippen molar-refractivity contribution in [2.75, 3.05) is 11.9 Å². The van der Waals surface area contributed by atoms with Crippen molar-refractivity contribution in [2.24, 2.45) is 0 Å². The highest BCUT2D eigenvalue weighted by atomic mass is 16.5. The lowest BCUT2D eigenvalue weighted by Gasteiger charge is -2.11. The van der Waals surface area contributed by atoms with Gasteiger partial charge < -0.3 is 10.1 Å². The summed E-state index contributed by atoms with van der Waals surface area (Å²) in [7, 11) is 0. The summed E-state index contributed by atoms with van der Waals surface area (Å²) in [4.78, 5) is 24.0. The van der Waals surface area contributed by atoms with Gasteiger partial charge in [-0.05, 0) is 57.0 Å². The Kier molecular flexibility index (Phi) is 7.37. The number of anilines is 1. The van der Waals surface area contributed by atoms with Gasteiger partial charge in [0.2, 0.25) is 0 Å². The van der Waals surface area contributed by atoms with Gasteiger partial charge >= 0.3 is 0 Å². The normalized spacial score (nSPS) is 10.6. The highest BCUT2D eigenvalue weighted by molar-refractivity contribution is 5.95. The third-order valence-electron chi connectivity index (χ3n) is 3.94. The molecule has 144 valence electrons. The lowest BCUT2D eigenvalue weighted by molar-refractivity contribution is -0.120. The Morgan fingerprint density at radius 1 is 1.00 bits per heavy atom. The Balaban J connectivity index is 1.78. The Morgan fingerprint density at radius 2 is 1.70 bits per heavy atom. The fourth-order valence-corrected chi connectivity index (χ4v) is 2.45. The third-order valence-corrected chi connectivity index (χ3v) is 3.94. The maximum absolute atomic E-state index is 12.1. The van der Waals surface area contributed by atoms with E-state index in [0.29, 0.717) is 12.2 Å². The number of ether oxygens (including phenoxy) is 1. The first-order chi connectivity index (χ1) is 12.8. The molecular formula is C21H27N3O3. The molecule has 0 aliphatic heterocycles. The largest absolute Gasteiger partial charge is 0.376 e. The van der Waals surface area contributed by atoms with Gasteiger partial charge in [0.05, 0.1) is 19.3 Å². The van der Waals surface area contributed by atoms with Crippen LogP contribution in [-0.4, -0.2) is 24.5 Å². The predicted octanol–water partition coefficient (Wildman–Crippen LogP) is 3.10. The zero-order valence-electron chi connectivity index (χ0n) is 16.3. The summed E-state index contributed by atoms with van der Waals surface area (Å²) in [6.45, 7) is 8.50. The van der Waals surface area contributed by atoms with E-state index in [9.17, 15) is 9.59 Å². The summed E-state index contributed by atoms with van der Waals surface area (Å²) in [6.07, 6.45) is 0.153. The summed E-state index contributed by atoms with van der Waals surface area (Å²) in [5.74, 6) is -0.698. The van der Waals surface area contributed by atoms with E-state index < -0.39 is 0 Å². The molecular weight excluding hydrogens is 342 g/mol. The Morgan fingerprint density at radius 3 is 2.33 bits per heavy atom. The maximum atomic E-state index is 12.1. The van der Waals surface area contributed by atoms with Crippen molar-refractivity contribution < 1.29 is 14.3 Å². The van der Waals surface area contributed by atoms with Crippen LogP contribution < -0.4 is 16.2 Å². The number of nitrogens with one attached hydrogen (secondary N) is 3. The summed E-state index contributed by atoms with van der Waals surface area (Å²) in [5, 5.41) is 3.06. The van der Waals surface area contributed by atoms with Gasteiger partial charge in [-0.25, -0.2) is 0 Å². The molecule has 0 unspecified atom stereocenters. The summed E-state index contributed by atoms with van der Waals surface area (Å²) < 4.78 is 5.52. The average Bonchev–Trinajstić information content (AvgIpc) is 2.64. The quantitative estimate of drug-likeness (QED) is 0.655. The van der Waals surface area contributed by atoms with E-state index in [1.165, 1.54) is 0 Å². The van der Waals surface area contributed by atoms with Crippen LogP contribution in [0.15, 0.2) is 42.5 Å². The second kappa shape index (κ2) is 9.73. The number of amides is 2. The molecule has 0 bridgehead atoms. The predicted molar refractivity (Wildman–Crippen MR) is 106 cm³/mol. The lowest BCUT2D eigenvalue weighted by atomic mass is 10.1. The van der Waals surface area contributed by atoms with Crippen LogP contribution in [0.4, 0.5) is 5.69 Å². The summed E-state index contributed by atoms with van der Waals surface area (Å²) in [5.41, 5.74) is 9.40. The first-order valence-corrected chi connectivity index (χ1v) is 8.96. The van der Waals surface area contributed by atoms with Gasteiger partial charge in [0, 0.05) is 11.3 Å². The molecule has 0 atom stereocenters. The fraction of sp³-hybridized carbons (Fsp3) is 0.333. The van der Waals surface area contributed by atoms with Crippen LogP contribution in [0.3, 0.4) is 0 Å². The van der Waals surface area contributed by atoms with Crippen LogP contribution >= 0.6 is 0 Å². The van der Waals surface area contributed by atoms with Crippen molar-refractivity contribution in [2.45, 2.75) is 40.4 Å². The van der Waals surface area contributed by atoms with Crippen molar-refractivity contribution in [3.8, 4) is 0 Å². The Labute approximate surface area is 160 Å². The smallest absolute Gasteiger partial charge is 0.269 e. The van der Waals surface area contributed by atoms with Crippen molar-refractivity contribution in [1.82, 2.24) is 10.9 Å². The molecule has 0 saturated heterocycles. The highest BCUT2D eigenvalue weighted by Crippen LogP contribution is 2.15. The Hall–Kier alpha value is -2.86. The van der Waals surface area contributed by atoms with Crippen molar-refractivity contribution in [3.63, 3.8) is 0 Å². The summed E-state index contributed by atoms with van der Waals surface area (Å²) in [6, 6.07) is 13.0. The van der Waals surface area contributed by atoms with E-state index in [1.807, 2.05) is 58.0 Å². The molecule has 0 aliphatic carbocycles. The van der Waals surface area contributed by atoms with Crippen molar-refractivity contribution in [1.29, 1.82) is 0 Å². The maximum Gasteiger partial charge on any atom is 0.269 e. The SMILES string of the molecule is Cc1ccc(NCC(=O)NNC(=O)c2ccc(COC(C)C)cc2)c(C)c1. The van der Waals surface area contributed by atoms with Gasteiger partial charge in [0.1, 0.15) is 0 Å². The van der Waals surface area contributed by atoms with Gasteiger partial charge in [-0.1, -0.05) is 29.8 Å². The van der Waals surface area contributed by atoms with Crippen LogP contribution in [0.2, 0.25) is 0 Å². The molecule has 0 saturated carbocycles. The van der Waals surface area contributed by atoms with E-state index in [4.69, 9.17) is 4.74 Å². The van der Waals surface area contributed by atoms with Gasteiger partial charge in [0.25, 0.3) is 11.8 Å². The highest BCUT2D eigenvalue weighted by Gasteiger charge is 2.08. The fourth-order valence-electron chi connectivity index (χ4n) is 2.45. The van der Waals surface area contributed by atoms with Gasteiger partial charge in [0.15, 0.2) is 0 Å². The second-order valence-electron chi connectivity index (χ2n) is 6.73. The topological polar surface area (TPSA) is 79.5 Å².